The van der Waals surface area contributed by atoms with Crippen LogP contribution >= 0.6 is 22.9 Å². The predicted octanol–water partition coefficient (Wildman–Crippen LogP) is 4.49. The van der Waals surface area contributed by atoms with Crippen LogP contribution in [0.25, 0.3) is 10.6 Å². The van der Waals surface area contributed by atoms with Crippen LogP contribution in [0.1, 0.15) is 13.8 Å². The van der Waals surface area contributed by atoms with Crippen molar-refractivity contribution in [2.75, 3.05) is 0 Å². The summed E-state index contributed by atoms with van der Waals surface area (Å²) in [4.78, 5) is 7.75. The van der Waals surface area contributed by atoms with Gasteiger partial charge in [0.15, 0.2) is 0 Å². The van der Waals surface area contributed by atoms with Crippen molar-refractivity contribution in [3.05, 3.63) is 28.9 Å². The lowest BCUT2D eigenvalue weighted by molar-refractivity contribution is -0.0528. The molecule has 3 nitrogen and oxygen atoms in total. The maximum atomic E-state index is 11.9. The van der Waals surface area contributed by atoms with Gasteiger partial charge in [-0.3, -0.25) is 0 Å². The molecule has 2 rings (SSSR count). The molecule has 0 spiro atoms. The molecule has 0 unspecified atom stereocenters. The minimum absolute atomic E-state index is 0.124. The SMILES string of the molecule is CC.FC(F)Oc1ccc(-c2nc(Cl)cs2)cn1. The predicted molar refractivity (Wildman–Crippen MR) is 68.3 cm³/mol. The first kappa shape index (κ1) is 14.8. The van der Waals surface area contributed by atoms with Gasteiger partial charge in [-0.1, -0.05) is 25.4 Å². The normalized spacial score (nSPS) is 9.89. The maximum absolute atomic E-state index is 11.9. The zero-order chi connectivity index (χ0) is 13.5. The minimum atomic E-state index is -2.87. The number of aromatic nitrogens is 2. The van der Waals surface area contributed by atoms with Crippen LogP contribution in [0.3, 0.4) is 0 Å². The van der Waals surface area contributed by atoms with Crippen LogP contribution in [0, 0.1) is 0 Å². The van der Waals surface area contributed by atoms with E-state index in [9.17, 15) is 8.78 Å². The van der Waals surface area contributed by atoms with Crippen LogP contribution in [0.5, 0.6) is 5.88 Å². The minimum Gasteiger partial charge on any atom is -0.417 e. The fraction of sp³-hybridized carbons (Fsp3) is 0.273. The maximum Gasteiger partial charge on any atom is 0.388 e. The Morgan fingerprint density at radius 2 is 2.06 bits per heavy atom. The van der Waals surface area contributed by atoms with Crippen molar-refractivity contribution in [2.24, 2.45) is 0 Å². The highest BCUT2D eigenvalue weighted by Gasteiger charge is 2.07. The molecule has 0 aliphatic carbocycles. The molecule has 0 aliphatic heterocycles. The lowest BCUT2D eigenvalue weighted by atomic mass is 10.3. The number of halogens is 3. The van der Waals surface area contributed by atoms with Crippen LogP contribution in [0.15, 0.2) is 23.7 Å². The van der Waals surface area contributed by atoms with Gasteiger partial charge in [-0.05, 0) is 6.07 Å². The molecular formula is C11H11ClF2N2OS. The van der Waals surface area contributed by atoms with E-state index in [0.29, 0.717) is 15.7 Å². The Bertz CT molecular complexity index is 476. The van der Waals surface area contributed by atoms with Gasteiger partial charge in [-0.15, -0.1) is 11.3 Å². The third-order valence-corrected chi connectivity index (χ3v) is 2.88. The molecule has 7 heteroatoms. The largest absolute Gasteiger partial charge is 0.417 e. The summed E-state index contributed by atoms with van der Waals surface area (Å²) >= 11 is 7.02. The van der Waals surface area contributed by atoms with E-state index >= 15 is 0 Å². The summed E-state index contributed by atoms with van der Waals surface area (Å²) in [6, 6.07) is 2.96. The zero-order valence-electron chi connectivity index (χ0n) is 9.73. The van der Waals surface area contributed by atoms with E-state index in [1.54, 1.807) is 11.4 Å². The van der Waals surface area contributed by atoms with Gasteiger partial charge in [0, 0.05) is 23.2 Å². The van der Waals surface area contributed by atoms with E-state index in [1.165, 1.54) is 23.6 Å². The molecule has 0 radical (unpaired) electrons. The van der Waals surface area contributed by atoms with Crippen LogP contribution < -0.4 is 4.74 Å². The molecule has 2 aromatic heterocycles. The van der Waals surface area contributed by atoms with Gasteiger partial charge >= 0.3 is 6.61 Å². The van der Waals surface area contributed by atoms with Gasteiger partial charge in [-0.2, -0.15) is 8.78 Å². The molecule has 2 aromatic rings. The molecular weight excluding hydrogens is 282 g/mol. The Hall–Kier alpha value is -1.27. The molecule has 0 aromatic carbocycles. The molecule has 98 valence electrons. The number of ether oxygens (including phenoxy) is 1. The van der Waals surface area contributed by atoms with Crippen molar-refractivity contribution in [1.29, 1.82) is 0 Å². The highest BCUT2D eigenvalue weighted by atomic mass is 35.5. The van der Waals surface area contributed by atoms with E-state index in [0.717, 1.165) is 0 Å². The topological polar surface area (TPSA) is 35.0 Å². The van der Waals surface area contributed by atoms with Gasteiger partial charge in [0.1, 0.15) is 10.2 Å². The number of rotatable bonds is 3. The number of pyridine rings is 1. The third-order valence-electron chi connectivity index (χ3n) is 1.67. The molecule has 0 saturated carbocycles. The number of nitrogens with zero attached hydrogens (tertiary/aromatic N) is 2. The third kappa shape index (κ3) is 4.19. The monoisotopic (exact) mass is 292 g/mol. The highest BCUT2D eigenvalue weighted by molar-refractivity contribution is 7.13. The second kappa shape index (κ2) is 7.23. The quantitative estimate of drug-likeness (QED) is 0.836. The van der Waals surface area contributed by atoms with Gasteiger partial charge in [0.25, 0.3) is 0 Å². The van der Waals surface area contributed by atoms with Gasteiger partial charge < -0.3 is 4.74 Å². The van der Waals surface area contributed by atoms with Crippen LogP contribution in [0.2, 0.25) is 5.15 Å². The molecule has 18 heavy (non-hydrogen) atoms. The lowest BCUT2D eigenvalue weighted by Gasteiger charge is -2.02. The van der Waals surface area contributed by atoms with Gasteiger partial charge in [-0.25, -0.2) is 9.97 Å². The first-order chi connectivity index (χ1) is 8.65. The van der Waals surface area contributed by atoms with E-state index in [4.69, 9.17) is 11.6 Å². The van der Waals surface area contributed by atoms with Crippen molar-refractivity contribution in [1.82, 2.24) is 9.97 Å². The number of thiazole rings is 1. The van der Waals surface area contributed by atoms with Gasteiger partial charge in [0.05, 0.1) is 0 Å². The summed E-state index contributed by atoms with van der Waals surface area (Å²) in [5.41, 5.74) is 0.707. The number of hydrogen-bond donors (Lipinski definition) is 0. The molecule has 0 aliphatic rings. The average molecular weight is 293 g/mol. The highest BCUT2D eigenvalue weighted by Crippen LogP contribution is 2.26. The lowest BCUT2D eigenvalue weighted by Crippen LogP contribution is -2.03. The Morgan fingerprint density at radius 1 is 1.33 bits per heavy atom. The summed E-state index contributed by atoms with van der Waals surface area (Å²) in [6.07, 6.45) is 1.41. The molecule has 0 amide bonds. The Labute approximate surface area is 112 Å². The molecule has 0 bridgehead atoms. The number of hydrogen-bond acceptors (Lipinski definition) is 4. The zero-order valence-corrected chi connectivity index (χ0v) is 11.3. The Morgan fingerprint density at radius 3 is 2.50 bits per heavy atom. The first-order valence-electron chi connectivity index (χ1n) is 5.17. The molecule has 0 fully saturated rings. The van der Waals surface area contributed by atoms with E-state index < -0.39 is 6.61 Å². The molecule has 0 atom stereocenters. The second-order valence-electron chi connectivity index (χ2n) is 2.74. The number of alkyl halides is 2. The van der Waals surface area contributed by atoms with Crippen molar-refractivity contribution in [3.63, 3.8) is 0 Å². The molecule has 2 heterocycles. The van der Waals surface area contributed by atoms with Crippen molar-refractivity contribution < 1.29 is 13.5 Å². The van der Waals surface area contributed by atoms with E-state index in [1.807, 2.05) is 13.8 Å². The molecule has 0 saturated heterocycles. The van der Waals surface area contributed by atoms with Gasteiger partial charge in [0.2, 0.25) is 5.88 Å². The van der Waals surface area contributed by atoms with Crippen LogP contribution in [-0.4, -0.2) is 16.6 Å². The second-order valence-corrected chi connectivity index (χ2v) is 3.98. The first-order valence-corrected chi connectivity index (χ1v) is 6.43. The van der Waals surface area contributed by atoms with Crippen molar-refractivity contribution >= 4 is 22.9 Å². The van der Waals surface area contributed by atoms with Crippen molar-refractivity contribution in [3.8, 4) is 16.5 Å². The van der Waals surface area contributed by atoms with Crippen molar-refractivity contribution in [2.45, 2.75) is 20.5 Å². The Kier molecular flexibility index (Phi) is 5.94. The van der Waals surface area contributed by atoms with Crippen LogP contribution in [0.4, 0.5) is 8.78 Å². The van der Waals surface area contributed by atoms with Crippen LogP contribution in [-0.2, 0) is 0 Å². The summed E-state index contributed by atoms with van der Waals surface area (Å²) in [7, 11) is 0. The molecule has 0 N–H and O–H groups in total. The standard InChI is InChI=1S/C9H5ClF2N2OS.C2H6/c10-6-4-16-8(14-6)5-1-2-7(13-3-5)15-9(11)12;1-2/h1-4,9H;1-2H3. The smallest absolute Gasteiger partial charge is 0.388 e. The average Bonchev–Trinajstić information content (AvgIpc) is 2.79. The van der Waals surface area contributed by atoms with E-state index in [-0.39, 0.29) is 5.88 Å². The summed E-state index contributed by atoms with van der Waals surface area (Å²) in [5.74, 6) is -0.124. The summed E-state index contributed by atoms with van der Waals surface area (Å²) in [5, 5.41) is 2.76. The summed E-state index contributed by atoms with van der Waals surface area (Å²) < 4.78 is 27.8. The van der Waals surface area contributed by atoms with E-state index in [2.05, 4.69) is 14.7 Å². The summed E-state index contributed by atoms with van der Waals surface area (Å²) in [6.45, 7) is 1.13. The Balaban J connectivity index is 0.000000771. The fourth-order valence-electron chi connectivity index (χ4n) is 1.05. The fourth-order valence-corrected chi connectivity index (χ4v) is 1.99.